The Kier molecular flexibility index (Phi) is 3.68. The summed E-state index contributed by atoms with van der Waals surface area (Å²) in [5.74, 6) is -1.07. The molecule has 4 nitrogen and oxygen atoms in total. The molecule has 4 heteroatoms. The fourth-order valence-corrected chi connectivity index (χ4v) is 0.558. The molecule has 10 heavy (non-hydrogen) atoms. The highest BCUT2D eigenvalue weighted by Crippen LogP contribution is 2.01. The lowest BCUT2D eigenvalue weighted by Crippen LogP contribution is -2.04. The van der Waals surface area contributed by atoms with Gasteiger partial charge in [-0.1, -0.05) is 5.57 Å². The van der Waals surface area contributed by atoms with Crippen molar-refractivity contribution in [1.29, 1.82) is 0 Å². The lowest BCUT2D eigenvalue weighted by molar-refractivity contribution is -0.131. The number of carboxylic acids is 1. The van der Waals surface area contributed by atoms with Gasteiger partial charge in [0, 0.05) is 12.5 Å². The molecule has 0 atom stereocenters. The van der Waals surface area contributed by atoms with Gasteiger partial charge in [-0.15, -0.1) is 0 Å². The van der Waals surface area contributed by atoms with Crippen LogP contribution < -0.4 is 0 Å². The van der Waals surface area contributed by atoms with Crippen molar-refractivity contribution in [3.8, 4) is 0 Å². The number of aliphatic hydroxyl groups excluding tert-OH is 1. The third-order valence-electron chi connectivity index (χ3n) is 0.874. The topological polar surface area (TPSA) is 77.8 Å². The van der Waals surface area contributed by atoms with E-state index in [2.05, 4.69) is 0 Å². The molecule has 0 aliphatic heterocycles. The zero-order chi connectivity index (χ0) is 8.15. The zero-order valence-corrected chi connectivity index (χ0v) is 5.61. The SMILES string of the molecule is C/C(=C\C(=O)O)CC(O)O. The molecule has 0 aromatic heterocycles. The number of aliphatic hydroxyl groups is 2. The average molecular weight is 146 g/mol. The Morgan fingerprint density at radius 2 is 2.10 bits per heavy atom. The molecule has 3 N–H and O–H groups in total. The first-order chi connectivity index (χ1) is 4.52. The van der Waals surface area contributed by atoms with Crippen LogP contribution in [0.4, 0.5) is 0 Å². The summed E-state index contributed by atoms with van der Waals surface area (Å²) in [6, 6.07) is 0. The Balaban J connectivity index is 3.83. The summed E-state index contributed by atoms with van der Waals surface area (Å²) in [5.41, 5.74) is 0.433. The van der Waals surface area contributed by atoms with Crippen LogP contribution in [0.2, 0.25) is 0 Å². The molecule has 0 aromatic carbocycles. The molecule has 0 amide bonds. The van der Waals surface area contributed by atoms with Gasteiger partial charge in [-0.05, 0) is 6.92 Å². The highest BCUT2D eigenvalue weighted by molar-refractivity contribution is 5.80. The number of aliphatic carboxylic acids is 1. The van der Waals surface area contributed by atoms with E-state index in [-0.39, 0.29) is 6.42 Å². The number of carboxylic acid groups (broad SMARTS) is 1. The van der Waals surface area contributed by atoms with Crippen LogP contribution in [-0.2, 0) is 4.79 Å². The highest BCUT2D eigenvalue weighted by Gasteiger charge is 1.99. The van der Waals surface area contributed by atoms with Crippen molar-refractivity contribution in [2.75, 3.05) is 0 Å². The lowest BCUT2D eigenvalue weighted by Gasteiger charge is -2.00. The van der Waals surface area contributed by atoms with Crippen molar-refractivity contribution in [1.82, 2.24) is 0 Å². The fourth-order valence-electron chi connectivity index (χ4n) is 0.558. The molecule has 0 fully saturated rings. The quantitative estimate of drug-likeness (QED) is 0.378. The molecule has 0 heterocycles. The molecule has 0 aliphatic rings. The van der Waals surface area contributed by atoms with Crippen LogP contribution in [-0.4, -0.2) is 27.6 Å². The Labute approximate surface area is 58.4 Å². The van der Waals surface area contributed by atoms with Crippen molar-refractivity contribution in [2.45, 2.75) is 19.6 Å². The molecule has 0 unspecified atom stereocenters. The minimum atomic E-state index is -1.46. The van der Waals surface area contributed by atoms with Gasteiger partial charge in [0.15, 0.2) is 6.29 Å². The van der Waals surface area contributed by atoms with Gasteiger partial charge in [0.25, 0.3) is 0 Å². The third kappa shape index (κ3) is 5.27. The number of rotatable bonds is 3. The molecular weight excluding hydrogens is 136 g/mol. The summed E-state index contributed by atoms with van der Waals surface area (Å²) in [5, 5.41) is 24.9. The van der Waals surface area contributed by atoms with Gasteiger partial charge < -0.3 is 15.3 Å². The van der Waals surface area contributed by atoms with Gasteiger partial charge in [-0.3, -0.25) is 0 Å². The zero-order valence-electron chi connectivity index (χ0n) is 5.61. The lowest BCUT2D eigenvalue weighted by atomic mass is 10.2. The predicted octanol–water partition coefficient (Wildman–Crippen LogP) is -0.282. The van der Waals surface area contributed by atoms with E-state index in [1.807, 2.05) is 0 Å². The van der Waals surface area contributed by atoms with Crippen LogP contribution in [0.3, 0.4) is 0 Å². The molecule has 58 valence electrons. The molecule has 0 saturated carbocycles. The second-order valence-electron chi connectivity index (χ2n) is 2.01. The maximum Gasteiger partial charge on any atom is 0.328 e. The second kappa shape index (κ2) is 4.03. The van der Waals surface area contributed by atoms with E-state index in [1.165, 1.54) is 6.92 Å². The van der Waals surface area contributed by atoms with E-state index in [1.54, 1.807) is 0 Å². The van der Waals surface area contributed by atoms with Crippen LogP contribution in [0.15, 0.2) is 11.6 Å². The first-order valence-electron chi connectivity index (χ1n) is 2.78. The van der Waals surface area contributed by atoms with Crippen molar-refractivity contribution in [3.05, 3.63) is 11.6 Å². The van der Waals surface area contributed by atoms with Gasteiger partial charge in [-0.25, -0.2) is 4.79 Å². The number of hydrogen-bond donors (Lipinski definition) is 3. The fraction of sp³-hybridized carbons (Fsp3) is 0.500. The van der Waals surface area contributed by atoms with Crippen LogP contribution in [0.5, 0.6) is 0 Å². The largest absolute Gasteiger partial charge is 0.478 e. The van der Waals surface area contributed by atoms with Crippen molar-refractivity contribution < 1.29 is 20.1 Å². The number of carbonyl (C=O) groups is 1. The maximum absolute atomic E-state index is 9.95. The summed E-state index contributed by atoms with van der Waals surface area (Å²) in [4.78, 5) is 9.95. The van der Waals surface area contributed by atoms with Gasteiger partial charge in [0.05, 0.1) is 0 Å². The average Bonchev–Trinajstić information content (AvgIpc) is 1.58. The number of hydrogen-bond acceptors (Lipinski definition) is 3. The van der Waals surface area contributed by atoms with E-state index < -0.39 is 12.3 Å². The van der Waals surface area contributed by atoms with E-state index in [4.69, 9.17) is 15.3 Å². The monoisotopic (exact) mass is 146 g/mol. The first kappa shape index (κ1) is 9.13. The summed E-state index contributed by atoms with van der Waals surface area (Å²) >= 11 is 0. The first-order valence-corrected chi connectivity index (χ1v) is 2.78. The van der Waals surface area contributed by atoms with Crippen molar-refractivity contribution in [3.63, 3.8) is 0 Å². The van der Waals surface area contributed by atoms with Crippen LogP contribution in [0.25, 0.3) is 0 Å². The molecule has 0 spiro atoms. The smallest absolute Gasteiger partial charge is 0.328 e. The normalized spacial score (nSPS) is 12.2. The highest BCUT2D eigenvalue weighted by atomic mass is 16.5. The van der Waals surface area contributed by atoms with Gasteiger partial charge in [0.1, 0.15) is 0 Å². The van der Waals surface area contributed by atoms with Gasteiger partial charge in [0.2, 0.25) is 0 Å². The van der Waals surface area contributed by atoms with Crippen molar-refractivity contribution >= 4 is 5.97 Å². The van der Waals surface area contributed by atoms with E-state index in [9.17, 15) is 4.79 Å². The Bertz CT molecular complexity index is 148. The second-order valence-corrected chi connectivity index (χ2v) is 2.01. The Morgan fingerprint density at radius 3 is 2.40 bits per heavy atom. The van der Waals surface area contributed by atoms with Crippen molar-refractivity contribution in [2.24, 2.45) is 0 Å². The van der Waals surface area contributed by atoms with E-state index >= 15 is 0 Å². The van der Waals surface area contributed by atoms with Gasteiger partial charge in [-0.2, -0.15) is 0 Å². The minimum Gasteiger partial charge on any atom is -0.478 e. The predicted molar refractivity (Wildman–Crippen MR) is 34.2 cm³/mol. The van der Waals surface area contributed by atoms with Crippen LogP contribution in [0.1, 0.15) is 13.3 Å². The molecule has 0 rings (SSSR count). The van der Waals surface area contributed by atoms with Crippen LogP contribution >= 0.6 is 0 Å². The Morgan fingerprint density at radius 1 is 1.60 bits per heavy atom. The summed E-state index contributed by atoms with van der Waals surface area (Å²) in [6.07, 6.45) is -0.540. The van der Waals surface area contributed by atoms with E-state index in [0.717, 1.165) is 6.08 Å². The molecule has 0 aliphatic carbocycles. The molecule has 0 saturated heterocycles. The maximum atomic E-state index is 9.95. The Hall–Kier alpha value is -0.870. The van der Waals surface area contributed by atoms with E-state index in [0.29, 0.717) is 5.57 Å². The standard InChI is InChI=1S/C6H10O4/c1-4(2-5(7)8)3-6(9)10/h2,6,9-10H,3H2,1H3,(H,7,8)/b4-2+. The molecule has 0 bridgehead atoms. The molecule has 0 radical (unpaired) electrons. The molecular formula is C6H10O4. The summed E-state index contributed by atoms with van der Waals surface area (Å²) in [6.45, 7) is 1.52. The summed E-state index contributed by atoms with van der Waals surface area (Å²) < 4.78 is 0. The minimum absolute atomic E-state index is 0.0215. The molecule has 0 aromatic rings. The van der Waals surface area contributed by atoms with Crippen LogP contribution in [0, 0.1) is 0 Å². The third-order valence-corrected chi connectivity index (χ3v) is 0.874. The summed E-state index contributed by atoms with van der Waals surface area (Å²) in [7, 11) is 0. The van der Waals surface area contributed by atoms with Gasteiger partial charge >= 0.3 is 5.97 Å².